The largest absolute Gasteiger partial charge is 0.486 e. The number of nitrogens with zero attached hydrogens (tertiary/aromatic N) is 1. The van der Waals surface area contributed by atoms with Crippen molar-refractivity contribution in [2.75, 3.05) is 19.8 Å². The molecule has 0 unspecified atom stereocenters. The number of para-hydroxylation sites is 1. The summed E-state index contributed by atoms with van der Waals surface area (Å²) in [5, 5.41) is 0. The lowest BCUT2D eigenvalue weighted by molar-refractivity contribution is 0.0749. The maximum absolute atomic E-state index is 12.8. The normalized spacial score (nSPS) is 13.0. The van der Waals surface area contributed by atoms with Crippen LogP contribution in [0.1, 0.15) is 32.6 Å². The Bertz CT molecular complexity index is 723. The van der Waals surface area contributed by atoms with Crippen LogP contribution in [0.5, 0.6) is 11.5 Å². The highest BCUT2D eigenvalue weighted by atomic mass is 32.1. The number of carbonyl (C=O) groups is 1. The summed E-state index contributed by atoms with van der Waals surface area (Å²) in [7, 11) is 0. The number of rotatable bonds is 4. The third-order valence-corrected chi connectivity index (χ3v) is 4.92. The Kier molecular flexibility index (Phi) is 4.57. The number of carbonyl (C=O) groups excluding carboxylic acids is 1. The van der Waals surface area contributed by atoms with Gasteiger partial charge in [-0.2, -0.15) is 0 Å². The number of hydrogen-bond donors (Lipinski definition) is 0. The molecular formula is C18H21NO3S. The Morgan fingerprint density at radius 2 is 2.04 bits per heavy atom. The fourth-order valence-corrected chi connectivity index (χ4v) is 3.72. The SMILES string of the molecule is CCN(Cc1cccc2c1OCCO2)C(=O)c1cc(C)sc1C. The Labute approximate surface area is 140 Å². The minimum absolute atomic E-state index is 0.0729. The quantitative estimate of drug-likeness (QED) is 0.855. The highest BCUT2D eigenvalue weighted by molar-refractivity contribution is 7.12. The van der Waals surface area contributed by atoms with Crippen LogP contribution in [-0.4, -0.2) is 30.6 Å². The van der Waals surface area contributed by atoms with E-state index < -0.39 is 0 Å². The second-order valence-corrected chi connectivity index (χ2v) is 7.05. The minimum Gasteiger partial charge on any atom is -0.486 e. The van der Waals surface area contributed by atoms with Crippen LogP contribution in [0.3, 0.4) is 0 Å². The Hall–Kier alpha value is -2.01. The van der Waals surface area contributed by atoms with Crippen molar-refractivity contribution in [3.63, 3.8) is 0 Å². The van der Waals surface area contributed by atoms with Crippen LogP contribution < -0.4 is 9.47 Å². The van der Waals surface area contributed by atoms with Gasteiger partial charge in [0.05, 0.1) is 5.56 Å². The first-order valence-corrected chi connectivity index (χ1v) is 8.65. The zero-order chi connectivity index (χ0) is 16.4. The first kappa shape index (κ1) is 15.9. The molecule has 1 amide bonds. The van der Waals surface area contributed by atoms with Crippen molar-refractivity contribution in [2.45, 2.75) is 27.3 Å². The van der Waals surface area contributed by atoms with E-state index in [4.69, 9.17) is 9.47 Å². The van der Waals surface area contributed by atoms with E-state index in [0.717, 1.165) is 32.4 Å². The van der Waals surface area contributed by atoms with Gasteiger partial charge in [-0.1, -0.05) is 12.1 Å². The van der Waals surface area contributed by atoms with E-state index in [0.29, 0.717) is 26.3 Å². The molecule has 122 valence electrons. The fraction of sp³-hybridized carbons (Fsp3) is 0.389. The molecule has 2 heterocycles. The van der Waals surface area contributed by atoms with Crippen molar-refractivity contribution in [1.82, 2.24) is 4.90 Å². The molecule has 23 heavy (non-hydrogen) atoms. The van der Waals surface area contributed by atoms with Crippen molar-refractivity contribution in [1.29, 1.82) is 0 Å². The first-order valence-electron chi connectivity index (χ1n) is 7.84. The van der Waals surface area contributed by atoms with Crippen molar-refractivity contribution in [2.24, 2.45) is 0 Å². The van der Waals surface area contributed by atoms with E-state index in [1.54, 1.807) is 11.3 Å². The standard InChI is InChI=1S/C18H21NO3S/c1-4-19(18(20)15-10-12(2)23-13(15)3)11-14-6-5-7-16-17(14)22-9-8-21-16/h5-7,10H,4,8-9,11H2,1-3H3. The summed E-state index contributed by atoms with van der Waals surface area (Å²) in [5.74, 6) is 1.60. The van der Waals surface area contributed by atoms with Gasteiger partial charge in [-0.05, 0) is 32.9 Å². The predicted molar refractivity (Wildman–Crippen MR) is 91.6 cm³/mol. The number of amides is 1. The molecule has 4 nitrogen and oxygen atoms in total. The molecule has 2 aromatic rings. The second-order valence-electron chi connectivity index (χ2n) is 5.59. The maximum atomic E-state index is 12.8. The average molecular weight is 331 g/mol. The monoisotopic (exact) mass is 331 g/mol. The zero-order valence-electron chi connectivity index (χ0n) is 13.7. The molecule has 3 rings (SSSR count). The van der Waals surface area contributed by atoms with Crippen molar-refractivity contribution < 1.29 is 14.3 Å². The van der Waals surface area contributed by atoms with E-state index in [1.807, 2.05) is 49.9 Å². The third-order valence-electron chi connectivity index (χ3n) is 3.95. The van der Waals surface area contributed by atoms with E-state index in [9.17, 15) is 4.79 Å². The summed E-state index contributed by atoms with van der Waals surface area (Å²) in [6, 6.07) is 7.82. The van der Waals surface area contributed by atoms with E-state index >= 15 is 0 Å². The molecule has 5 heteroatoms. The number of aryl methyl sites for hydroxylation is 2. The van der Waals surface area contributed by atoms with Gasteiger partial charge in [0.1, 0.15) is 13.2 Å². The summed E-state index contributed by atoms with van der Waals surface area (Å²) in [6.07, 6.45) is 0. The van der Waals surface area contributed by atoms with Crippen LogP contribution in [0.25, 0.3) is 0 Å². The van der Waals surface area contributed by atoms with Gasteiger partial charge in [-0.15, -0.1) is 11.3 Å². The molecule has 1 aromatic carbocycles. The van der Waals surface area contributed by atoms with Crippen LogP contribution in [0, 0.1) is 13.8 Å². The molecule has 0 N–H and O–H groups in total. The molecule has 0 aliphatic carbocycles. The highest BCUT2D eigenvalue weighted by Crippen LogP contribution is 2.34. The lowest BCUT2D eigenvalue weighted by atomic mass is 10.1. The summed E-state index contributed by atoms with van der Waals surface area (Å²) in [6.45, 7) is 8.32. The number of thiophene rings is 1. The molecule has 0 atom stereocenters. The lowest BCUT2D eigenvalue weighted by Crippen LogP contribution is -2.31. The summed E-state index contributed by atoms with van der Waals surface area (Å²) < 4.78 is 11.4. The van der Waals surface area contributed by atoms with Gasteiger partial charge < -0.3 is 14.4 Å². The zero-order valence-corrected chi connectivity index (χ0v) is 14.5. The average Bonchev–Trinajstić information content (AvgIpc) is 2.90. The Morgan fingerprint density at radius 3 is 2.74 bits per heavy atom. The molecular weight excluding hydrogens is 310 g/mol. The summed E-state index contributed by atoms with van der Waals surface area (Å²) in [4.78, 5) is 16.9. The Morgan fingerprint density at radius 1 is 1.26 bits per heavy atom. The lowest BCUT2D eigenvalue weighted by Gasteiger charge is -2.25. The molecule has 0 bridgehead atoms. The van der Waals surface area contributed by atoms with E-state index in [1.165, 1.54) is 0 Å². The number of fused-ring (bicyclic) bond motifs is 1. The van der Waals surface area contributed by atoms with Gasteiger partial charge >= 0.3 is 0 Å². The van der Waals surface area contributed by atoms with Gasteiger partial charge in [-0.25, -0.2) is 0 Å². The Balaban J connectivity index is 1.85. The number of hydrogen-bond acceptors (Lipinski definition) is 4. The van der Waals surface area contributed by atoms with Gasteiger partial charge in [0, 0.05) is 28.4 Å². The summed E-state index contributed by atoms with van der Waals surface area (Å²) in [5.41, 5.74) is 1.79. The molecule has 1 aliphatic heterocycles. The van der Waals surface area contributed by atoms with Crippen LogP contribution in [0.4, 0.5) is 0 Å². The molecule has 0 saturated carbocycles. The van der Waals surface area contributed by atoms with Crippen LogP contribution in [-0.2, 0) is 6.54 Å². The van der Waals surface area contributed by atoms with E-state index in [2.05, 4.69) is 0 Å². The minimum atomic E-state index is 0.0729. The van der Waals surface area contributed by atoms with Crippen molar-refractivity contribution in [3.8, 4) is 11.5 Å². The number of ether oxygens (including phenoxy) is 2. The van der Waals surface area contributed by atoms with Crippen molar-refractivity contribution >= 4 is 17.2 Å². The first-order chi connectivity index (χ1) is 11.1. The molecule has 0 radical (unpaired) electrons. The summed E-state index contributed by atoms with van der Waals surface area (Å²) >= 11 is 1.66. The smallest absolute Gasteiger partial charge is 0.255 e. The van der Waals surface area contributed by atoms with Crippen LogP contribution >= 0.6 is 11.3 Å². The van der Waals surface area contributed by atoms with Crippen LogP contribution in [0.15, 0.2) is 24.3 Å². The number of benzene rings is 1. The second kappa shape index (κ2) is 6.62. The molecule has 0 spiro atoms. The molecule has 0 saturated heterocycles. The van der Waals surface area contributed by atoms with Gasteiger partial charge in [-0.3, -0.25) is 4.79 Å². The molecule has 1 aromatic heterocycles. The predicted octanol–water partition coefficient (Wildman–Crippen LogP) is 3.80. The topological polar surface area (TPSA) is 38.8 Å². The van der Waals surface area contributed by atoms with E-state index in [-0.39, 0.29) is 5.91 Å². The van der Waals surface area contributed by atoms with Gasteiger partial charge in [0.2, 0.25) is 0 Å². The van der Waals surface area contributed by atoms with Crippen LogP contribution in [0.2, 0.25) is 0 Å². The molecule has 1 aliphatic rings. The van der Waals surface area contributed by atoms with Crippen molar-refractivity contribution in [3.05, 3.63) is 45.1 Å². The maximum Gasteiger partial charge on any atom is 0.255 e. The molecule has 0 fully saturated rings. The van der Waals surface area contributed by atoms with Gasteiger partial charge in [0.15, 0.2) is 11.5 Å². The fourth-order valence-electron chi connectivity index (χ4n) is 2.80. The van der Waals surface area contributed by atoms with Gasteiger partial charge in [0.25, 0.3) is 5.91 Å². The highest BCUT2D eigenvalue weighted by Gasteiger charge is 2.22. The third kappa shape index (κ3) is 3.20.